The number of unbranched alkanes of at least 4 members (excludes halogenated alkanes) is 1. The standard InChI is InChI=1S/C16H32P2/c1-5-6-11-16(2,3)18-13-8-10-15(18)14-9-7-12-17(14)4/h14-15H,5-13H2,1-4H3/t14-,15-,17+,18+/m1/s1. The van der Waals surface area contributed by atoms with Crippen molar-refractivity contribution in [1.82, 2.24) is 0 Å². The fraction of sp³-hybridized carbons (Fsp3) is 1.00. The van der Waals surface area contributed by atoms with Crippen LogP contribution in [0, 0.1) is 0 Å². The summed E-state index contributed by atoms with van der Waals surface area (Å²) in [5.74, 6) is 0. The van der Waals surface area contributed by atoms with Crippen molar-refractivity contribution in [2.24, 2.45) is 0 Å². The number of hydrogen-bond donors (Lipinski definition) is 0. The minimum atomic E-state index is 0.315. The second-order valence-corrected chi connectivity index (χ2v) is 12.9. The second kappa shape index (κ2) is 6.54. The fourth-order valence-corrected chi connectivity index (χ4v) is 11.5. The minimum Gasteiger partial charge on any atom is -0.106 e. The summed E-state index contributed by atoms with van der Waals surface area (Å²) in [6, 6.07) is 0. The maximum absolute atomic E-state index is 2.60. The van der Waals surface area contributed by atoms with E-state index in [0.717, 1.165) is 11.3 Å². The third kappa shape index (κ3) is 3.30. The molecule has 0 aromatic rings. The van der Waals surface area contributed by atoms with E-state index in [2.05, 4.69) is 27.4 Å². The van der Waals surface area contributed by atoms with Gasteiger partial charge in [0, 0.05) is 0 Å². The minimum absolute atomic E-state index is 0.315. The van der Waals surface area contributed by atoms with Crippen molar-refractivity contribution in [2.45, 2.75) is 82.2 Å². The summed E-state index contributed by atoms with van der Waals surface area (Å²) >= 11 is 0. The molecule has 2 heterocycles. The van der Waals surface area contributed by atoms with Crippen molar-refractivity contribution in [2.75, 3.05) is 19.0 Å². The molecule has 0 nitrogen and oxygen atoms in total. The molecule has 2 heteroatoms. The molecule has 0 spiro atoms. The van der Waals surface area contributed by atoms with Crippen LogP contribution < -0.4 is 0 Å². The molecule has 2 aliphatic heterocycles. The number of rotatable bonds is 5. The van der Waals surface area contributed by atoms with Crippen LogP contribution in [0.25, 0.3) is 0 Å². The molecule has 0 saturated carbocycles. The van der Waals surface area contributed by atoms with Gasteiger partial charge in [-0.05, 0) is 67.6 Å². The quantitative estimate of drug-likeness (QED) is 0.554. The Hall–Kier alpha value is 0.860. The summed E-state index contributed by atoms with van der Waals surface area (Å²) in [7, 11) is 0.705. The summed E-state index contributed by atoms with van der Waals surface area (Å²) < 4.78 is 0. The normalized spacial score (nSPS) is 37.3. The molecule has 18 heavy (non-hydrogen) atoms. The first kappa shape index (κ1) is 15.3. The smallest absolute Gasteiger partial charge is 0.0137 e. The van der Waals surface area contributed by atoms with E-state index < -0.39 is 0 Å². The van der Waals surface area contributed by atoms with Crippen LogP contribution >= 0.6 is 15.8 Å². The van der Waals surface area contributed by atoms with Gasteiger partial charge in [0.2, 0.25) is 0 Å². The molecule has 0 N–H and O–H groups in total. The molecule has 2 saturated heterocycles. The second-order valence-electron chi connectivity index (χ2n) is 7.01. The highest BCUT2D eigenvalue weighted by atomic mass is 31.1. The van der Waals surface area contributed by atoms with Gasteiger partial charge >= 0.3 is 0 Å². The van der Waals surface area contributed by atoms with Crippen molar-refractivity contribution < 1.29 is 0 Å². The molecule has 0 bridgehead atoms. The SMILES string of the molecule is CCCCC(C)(C)[P@@]1CCC[C@@H]1[C@H]1CCC[P@]1C. The average molecular weight is 286 g/mol. The summed E-state index contributed by atoms with van der Waals surface area (Å²) in [4.78, 5) is 0. The largest absolute Gasteiger partial charge is 0.106 e. The van der Waals surface area contributed by atoms with Crippen LogP contribution in [0.2, 0.25) is 0 Å². The Morgan fingerprint density at radius 3 is 2.33 bits per heavy atom. The molecule has 0 aromatic carbocycles. The highest BCUT2D eigenvalue weighted by molar-refractivity contribution is 7.63. The Kier molecular flexibility index (Phi) is 5.54. The maximum Gasteiger partial charge on any atom is -0.0137 e. The monoisotopic (exact) mass is 286 g/mol. The lowest BCUT2D eigenvalue weighted by Crippen LogP contribution is -2.27. The molecular weight excluding hydrogens is 254 g/mol. The highest BCUT2D eigenvalue weighted by Gasteiger charge is 2.43. The lowest BCUT2D eigenvalue weighted by Gasteiger charge is -2.40. The predicted molar refractivity (Wildman–Crippen MR) is 89.1 cm³/mol. The molecule has 106 valence electrons. The summed E-state index contributed by atoms with van der Waals surface area (Å²) in [5, 5.41) is 0.672. The first-order chi connectivity index (χ1) is 8.56. The lowest BCUT2D eigenvalue weighted by molar-refractivity contribution is 0.576. The van der Waals surface area contributed by atoms with Crippen LogP contribution in [-0.2, 0) is 0 Å². The molecule has 4 atom stereocenters. The van der Waals surface area contributed by atoms with Gasteiger partial charge in [-0.3, -0.25) is 0 Å². The molecule has 0 aromatic heterocycles. The molecule has 0 amide bonds. The third-order valence-electron chi connectivity index (χ3n) is 5.24. The van der Waals surface area contributed by atoms with E-state index in [1.165, 1.54) is 19.3 Å². The van der Waals surface area contributed by atoms with Crippen LogP contribution in [0.1, 0.15) is 65.7 Å². The van der Waals surface area contributed by atoms with E-state index in [9.17, 15) is 0 Å². The first-order valence-corrected chi connectivity index (χ1v) is 11.7. The fourth-order valence-electron chi connectivity index (χ4n) is 4.12. The van der Waals surface area contributed by atoms with E-state index in [-0.39, 0.29) is 0 Å². The molecule has 0 aliphatic carbocycles. The van der Waals surface area contributed by atoms with Gasteiger partial charge in [-0.15, -0.1) is 7.92 Å². The van der Waals surface area contributed by atoms with Gasteiger partial charge in [0.15, 0.2) is 0 Å². The van der Waals surface area contributed by atoms with Gasteiger partial charge in [0.25, 0.3) is 0 Å². The van der Waals surface area contributed by atoms with E-state index >= 15 is 0 Å². The van der Waals surface area contributed by atoms with E-state index in [1.807, 2.05) is 0 Å². The Morgan fingerprint density at radius 2 is 1.72 bits per heavy atom. The van der Waals surface area contributed by atoms with Crippen molar-refractivity contribution in [3.63, 3.8) is 0 Å². The summed E-state index contributed by atoms with van der Waals surface area (Å²) in [5.41, 5.74) is 2.32. The molecule has 2 aliphatic rings. The first-order valence-electron chi connectivity index (χ1n) is 8.03. The van der Waals surface area contributed by atoms with Gasteiger partial charge in [-0.2, -0.15) is 0 Å². The van der Waals surface area contributed by atoms with E-state index in [0.29, 0.717) is 21.0 Å². The molecule has 0 radical (unpaired) electrons. The van der Waals surface area contributed by atoms with Crippen molar-refractivity contribution in [1.29, 1.82) is 0 Å². The van der Waals surface area contributed by atoms with E-state index in [1.54, 1.807) is 38.0 Å². The van der Waals surface area contributed by atoms with Crippen LogP contribution in [0.15, 0.2) is 0 Å². The summed E-state index contributed by atoms with van der Waals surface area (Å²) in [6.45, 7) is 10.1. The maximum atomic E-state index is 2.60. The van der Waals surface area contributed by atoms with Crippen molar-refractivity contribution in [3.8, 4) is 0 Å². The van der Waals surface area contributed by atoms with Gasteiger partial charge in [-0.1, -0.05) is 41.5 Å². The molecule has 2 fully saturated rings. The van der Waals surface area contributed by atoms with Crippen LogP contribution in [0.5, 0.6) is 0 Å². The molecular formula is C16H32P2. The molecule has 2 rings (SSSR count). The Balaban J connectivity index is 2.02. The van der Waals surface area contributed by atoms with Crippen LogP contribution in [0.4, 0.5) is 0 Å². The summed E-state index contributed by atoms with van der Waals surface area (Å²) in [6.07, 6.45) is 13.7. The molecule has 0 unspecified atom stereocenters. The van der Waals surface area contributed by atoms with Gasteiger partial charge in [-0.25, -0.2) is 0 Å². The Morgan fingerprint density at radius 1 is 1.06 bits per heavy atom. The highest BCUT2D eigenvalue weighted by Crippen LogP contribution is 2.67. The van der Waals surface area contributed by atoms with Crippen molar-refractivity contribution in [3.05, 3.63) is 0 Å². The predicted octanol–water partition coefficient (Wildman–Crippen LogP) is 5.87. The zero-order valence-electron chi connectivity index (χ0n) is 12.9. The van der Waals surface area contributed by atoms with Gasteiger partial charge < -0.3 is 0 Å². The van der Waals surface area contributed by atoms with E-state index in [4.69, 9.17) is 0 Å². The zero-order chi connectivity index (χ0) is 13.2. The third-order valence-corrected chi connectivity index (χ3v) is 12.2. The Bertz CT molecular complexity index is 262. The lowest BCUT2D eigenvalue weighted by atomic mass is 10.1. The van der Waals surface area contributed by atoms with Crippen LogP contribution in [0.3, 0.4) is 0 Å². The topological polar surface area (TPSA) is 0 Å². The average Bonchev–Trinajstić information content (AvgIpc) is 2.94. The van der Waals surface area contributed by atoms with Gasteiger partial charge in [0.05, 0.1) is 0 Å². The van der Waals surface area contributed by atoms with Gasteiger partial charge in [0.1, 0.15) is 0 Å². The number of hydrogen-bond acceptors (Lipinski definition) is 0. The zero-order valence-corrected chi connectivity index (χ0v) is 14.7. The Labute approximate surface area is 117 Å². The van der Waals surface area contributed by atoms with Crippen molar-refractivity contribution >= 4 is 15.8 Å². The van der Waals surface area contributed by atoms with Crippen LogP contribution in [-0.4, -0.2) is 35.5 Å².